The van der Waals surface area contributed by atoms with Gasteiger partial charge < -0.3 is 9.64 Å². The Bertz CT molecular complexity index is 827. The lowest BCUT2D eigenvalue weighted by Gasteiger charge is -2.39. The third-order valence-electron chi connectivity index (χ3n) is 5.27. The van der Waals surface area contributed by atoms with Gasteiger partial charge in [0.2, 0.25) is 5.91 Å². The summed E-state index contributed by atoms with van der Waals surface area (Å²) < 4.78 is 5.90. The smallest absolute Gasteiger partial charge is 0.261 e. The number of carbonyl (C=O) groups is 2. The summed E-state index contributed by atoms with van der Waals surface area (Å²) in [7, 11) is 1.01. The number of fused-ring (bicyclic) bond motifs is 1. The second kappa shape index (κ2) is 9.58. The second-order valence-electron chi connectivity index (χ2n) is 8.63. The van der Waals surface area contributed by atoms with Gasteiger partial charge in [-0.15, -0.1) is 0 Å². The van der Waals surface area contributed by atoms with Gasteiger partial charge in [-0.1, -0.05) is 17.7 Å². The van der Waals surface area contributed by atoms with Crippen LogP contribution in [0.3, 0.4) is 0 Å². The highest BCUT2D eigenvalue weighted by Crippen LogP contribution is 2.33. The standard InChI is InChI=1S/C21H31ClN4O3S/c1-24-20(27)14-25-13-16(8-9-19(25)23-24)21(28)26(15-29-10-11-30(2,3)4)18-7-5-6-17(22)12-18/h5-7,12,16H,8-11,13-15H2,1-4H3. The minimum absolute atomic E-state index is 0.00852. The van der Waals surface area contributed by atoms with Crippen molar-refractivity contribution in [1.82, 2.24) is 9.91 Å². The molecule has 1 unspecified atom stereocenters. The molecule has 0 bridgehead atoms. The number of carbonyl (C=O) groups excluding carboxylic acids is 2. The van der Waals surface area contributed by atoms with Crippen LogP contribution in [0.15, 0.2) is 29.4 Å². The number of amidine groups is 1. The highest BCUT2D eigenvalue weighted by molar-refractivity contribution is 8.32. The van der Waals surface area contributed by atoms with Crippen molar-refractivity contribution in [2.24, 2.45) is 11.0 Å². The van der Waals surface area contributed by atoms with Crippen molar-refractivity contribution in [3.8, 4) is 0 Å². The molecule has 1 aromatic rings. The molecule has 166 valence electrons. The fourth-order valence-corrected chi connectivity index (χ4v) is 4.29. The molecule has 0 saturated carbocycles. The largest absolute Gasteiger partial charge is 0.360 e. The van der Waals surface area contributed by atoms with Gasteiger partial charge in [0, 0.05) is 36.5 Å². The van der Waals surface area contributed by atoms with Crippen LogP contribution in [-0.4, -0.2) is 85.6 Å². The van der Waals surface area contributed by atoms with E-state index in [4.69, 9.17) is 16.3 Å². The normalized spacial score (nSPS) is 20.0. The maximum absolute atomic E-state index is 13.5. The van der Waals surface area contributed by atoms with E-state index in [0.717, 1.165) is 17.3 Å². The Labute approximate surface area is 185 Å². The number of ether oxygens (including phenoxy) is 1. The molecule has 2 heterocycles. The molecule has 7 nitrogen and oxygen atoms in total. The third-order valence-corrected chi connectivity index (χ3v) is 6.90. The molecule has 0 aliphatic carbocycles. The fourth-order valence-electron chi connectivity index (χ4n) is 3.48. The molecule has 2 amide bonds. The van der Waals surface area contributed by atoms with Crippen molar-refractivity contribution in [3.05, 3.63) is 29.3 Å². The van der Waals surface area contributed by atoms with E-state index in [1.165, 1.54) is 5.01 Å². The average molecular weight is 455 g/mol. The molecule has 2 aliphatic rings. The number of hydrogen-bond donors (Lipinski definition) is 0. The van der Waals surface area contributed by atoms with E-state index in [-0.39, 0.29) is 31.0 Å². The van der Waals surface area contributed by atoms with Gasteiger partial charge in [0.1, 0.15) is 19.1 Å². The Morgan fingerprint density at radius 3 is 2.83 bits per heavy atom. The van der Waals surface area contributed by atoms with Gasteiger partial charge in [0.05, 0.1) is 12.5 Å². The molecule has 0 spiro atoms. The molecule has 9 heteroatoms. The summed E-state index contributed by atoms with van der Waals surface area (Å²) in [4.78, 5) is 29.1. The summed E-state index contributed by atoms with van der Waals surface area (Å²) in [6, 6.07) is 7.28. The molecule has 1 saturated heterocycles. The summed E-state index contributed by atoms with van der Waals surface area (Å²) in [5.41, 5.74) is 0.726. The van der Waals surface area contributed by atoms with E-state index >= 15 is 0 Å². The molecule has 1 atom stereocenters. The van der Waals surface area contributed by atoms with Gasteiger partial charge >= 0.3 is 0 Å². The predicted octanol–water partition coefficient (Wildman–Crippen LogP) is 2.84. The van der Waals surface area contributed by atoms with Crippen LogP contribution < -0.4 is 4.90 Å². The molecule has 30 heavy (non-hydrogen) atoms. The Balaban J connectivity index is 1.72. The number of piperidine rings is 1. The maximum Gasteiger partial charge on any atom is 0.261 e. The van der Waals surface area contributed by atoms with Gasteiger partial charge in [-0.25, -0.2) is 15.0 Å². The number of hydrazone groups is 1. The molecule has 1 aromatic carbocycles. The van der Waals surface area contributed by atoms with Crippen LogP contribution in [0.4, 0.5) is 5.69 Å². The van der Waals surface area contributed by atoms with Crippen LogP contribution in [0.1, 0.15) is 12.8 Å². The van der Waals surface area contributed by atoms with Gasteiger partial charge in [-0.05, 0) is 43.4 Å². The number of halogens is 1. The van der Waals surface area contributed by atoms with Gasteiger partial charge in [0.15, 0.2) is 0 Å². The summed E-state index contributed by atoms with van der Waals surface area (Å²) in [6.07, 6.45) is 8.10. The first-order valence-corrected chi connectivity index (χ1v) is 13.4. The zero-order valence-corrected chi connectivity index (χ0v) is 19.7. The molecule has 3 rings (SSSR count). The molecule has 0 radical (unpaired) electrons. The van der Waals surface area contributed by atoms with E-state index in [1.807, 2.05) is 17.0 Å². The van der Waals surface area contributed by atoms with Crippen LogP contribution in [-0.2, 0) is 14.3 Å². The van der Waals surface area contributed by atoms with Gasteiger partial charge in [-0.2, -0.15) is 5.10 Å². The average Bonchev–Trinajstić information content (AvgIpc) is 2.67. The number of hydrogen-bond acceptors (Lipinski definition) is 5. The minimum atomic E-state index is -0.663. The maximum atomic E-state index is 13.5. The predicted molar refractivity (Wildman–Crippen MR) is 124 cm³/mol. The summed E-state index contributed by atoms with van der Waals surface area (Å²) >= 11 is 6.18. The number of amides is 2. The first-order valence-electron chi connectivity index (χ1n) is 10.0. The van der Waals surface area contributed by atoms with Crippen LogP contribution in [0.25, 0.3) is 0 Å². The Morgan fingerprint density at radius 1 is 1.37 bits per heavy atom. The Kier molecular flexibility index (Phi) is 7.31. The van der Waals surface area contributed by atoms with Crippen molar-refractivity contribution in [1.29, 1.82) is 0 Å². The van der Waals surface area contributed by atoms with E-state index in [2.05, 4.69) is 23.9 Å². The first kappa shape index (κ1) is 22.9. The second-order valence-corrected chi connectivity index (χ2v) is 13.7. The van der Waals surface area contributed by atoms with Crippen molar-refractivity contribution >= 4 is 45.0 Å². The lowest BCUT2D eigenvalue weighted by Crippen LogP contribution is -2.53. The molecule has 0 aromatic heterocycles. The van der Waals surface area contributed by atoms with Crippen molar-refractivity contribution < 1.29 is 14.3 Å². The molecular weight excluding hydrogens is 424 g/mol. The Morgan fingerprint density at radius 2 is 2.13 bits per heavy atom. The molecule has 2 aliphatic heterocycles. The number of benzene rings is 1. The van der Waals surface area contributed by atoms with E-state index in [9.17, 15) is 9.59 Å². The summed E-state index contributed by atoms with van der Waals surface area (Å²) in [5.74, 6) is 1.56. The van der Waals surface area contributed by atoms with Crippen LogP contribution in [0, 0.1) is 5.92 Å². The first-order chi connectivity index (χ1) is 14.1. The molecule has 0 N–H and O–H groups in total. The van der Waals surface area contributed by atoms with Gasteiger partial charge in [-0.3, -0.25) is 14.5 Å². The van der Waals surface area contributed by atoms with Crippen molar-refractivity contribution in [2.75, 3.05) is 62.9 Å². The molecular formula is C21H31ClN4O3S. The van der Waals surface area contributed by atoms with E-state index in [1.54, 1.807) is 24.1 Å². The zero-order chi connectivity index (χ0) is 21.9. The Hall–Kier alpha value is -1.77. The van der Waals surface area contributed by atoms with Crippen molar-refractivity contribution in [3.63, 3.8) is 0 Å². The van der Waals surface area contributed by atoms with E-state index < -0.39 is 10.0 Å². The number of nitrogens with zero attached hydrogens (tertiary/aromatic N) is 4. The highest BCUT2D eigenvalue weighted by Gasteiger charge is 2.36. The number of anilines is 1. The van der Waals surface area contributed by atoms with Crippen molar-refractivity contribution in [2.45, 2.75) is 12.8 Å². The van der Waals surface area contributed by atoms with E-state index in [0.29, 0.717) is 31.0 Å². The summed E-state index contributed by atoms with van der Waals surface area (Å²) in [6.45, 7) is 1.55. The van der Waals surface area contributed by atoms with Gasteiger partial charge in [0.25, 0.3) is 5.91 Å². The topological polar surface area (TPSA) is 65.5 Å². The lowest BCUT2D eigenvalue weighted by atomic mass is 9.95. The zero-order valence-electron chi connectivity index (χ0n) is 18.1. The lowest BCUT2D eigenvalue weighted by molar-refractivity contribution is -0.133. The van der Waals surface area contributed by atoms with Crippen LogP contribution in [0.2, 0.25) is 5.02 Å². The third kappa shape index (κ3) is 5.89. The van der Waals surface area contributed by atoms with Crippen LogP contribution >= 0.6 is 21.6 Å². The SMILES string of the molecule is CN1N=C2CCC(C(=O)N(COCCS(C)(C)C)c3cccc(Cl)c3)CN2CC1=O. The minimum Gasteiger partial charge on any atom is -0.360 e. The number of likely N-dealkylation sites (N-methyl/N-ethyl adjacent to an activating group) is 1. The quantitative estimate of drug-likeness (QED) is 0.469. The van der Waals surface area contributed by atoms with Crippen LogP contribution in [0.5, 0.6) is 0 Å². The molecule has 1 fully saturated rings. The highest BCUT2D eigenvalue weighted by atomic mass is 35.5. The fraction of sp³-hybridized carbons (Fsp3) is 0.571. The number of rotatable bonds is 7. The monoisotopic (exact) mass is 454 g/mol. The summed E-state index contributed by atoms with van der Waals surface area (Å²) in [5, 5.41) is 6.30.